The average molecular weight is 204 g/mol. The minimum Gasteiger partial charge on any atom is -0.396 e. The highest BCUT2D eigenvalue weighted by Gasteiger charge is 2.33. The molecule has 0 aromatic carbocycles. The summed E-state index contributed by atoms with van der Waals surface area (Å²) in [4.78, 5) is 11.7. The molecule has 0 heterocycles. The lowest BCUT2D eigenvalue weighted by Crippen LogP contribution is -2.34. The van der Waals surface area contributed by atoms with Crippen molar-refractivity contribution in [2.45, 2.75) is 44.8 Å². The van der Waals surface area contributed by atoms with Gasteiger partial charge in [-0.25, -0.2) is 0 Å². The van der Waals surface area contributed by atoms with Gasteiger partial charge in [0, 0.05) is 12.2 Å². The van der Waals surface area contributed by atoms with Crippen molar-refractivity contribution in [3.8, 4) is 0 Å². The maximum atomic E-state index is 11.7. The third kappa shape index (κ3) is 3.31. The third-order valence-electron chi connectivity index (χ3n) is 2.44. The topological polar surface area (TPSA) is 37.3 Å². The quantitative estimate of drug-likeness (QED) is 0.691. The van der Waals surface area contributed by atoms with Crippen LogP contribution in [0.5, 0.6) is 0 Å². The molecule has 0 aliphatic heterocycles. The molecule has 0 atom stereocenters. The fraction of sp³-hybridized carbons (Fsp3) is 0.900. The summed E-state index contributed by atoms with van der Waals surface area (Å²) in [7, 11) is 0. The van der Waals surface area contributed by atoms with E-state index >= 15 is 0 Å². The van der Waals surface area contributed by atoms with Crippen molar-refractivity contribution in [3.05, 3.63) is 0 Å². The summed E-state index contributed by atoms with van der Waals surface area (Å²) in [6.45, 7) is 6.15. The molecule has 0 aliphatic carbocycles. The van der Waals surface area contributed by atoms with Gasteiger partial charge in [-0.15, -0.1) is 11.8 Å². The van der Waals surface area contributed by atoms with Crippen LogP contribution >= 0.6 is 11.8 Å². The normalized spacial score (nSPS) is 11.7. The van der Waals surface area contributed by atoms with E-state index < -0.39 is 0 Å². The Bertz CT molecular complexity index is 153. The van der Waals surface area contributed by atoms with Crippen LogP contribution in [0.15, 0.2) is 0 Å². The molecule has 3 heteroatoms. The van der Waals surface area contributed by atoms with Gasteiger partial charge >= 0.3 is 0 Å². The zero-order valence-corrected chi connectivity index (χ0v) is 9.62. The first-order valence-corrected chi connectivity index (χ1v) is 5.93. The van der Waals surface area contributed by atoms with E-state index in [-0.39, 0.29) is 11.4 Å². The van der Waals surface area contributed by atoms with Gasteiger partial charge in [-0.3, -0.25) is 4.79 Å². The Morgan fingerprint density at radius 2 is 1.85 bits per heavy atom. The maximum absolute atomic E-state index is 11.7. The fourth-order valence-corrected chi connectivity index (χ4v) is 2.69. The Hall–Kier alpha value is -0.0200. The van der Waals surface area contributed by atoms with Gasteiger partial charge in [0.1, 0.15) is 5.78 Å². The Morgan fingerprint density at radius 1 is 1.31 bits per heavy atom. The lowest BCUT2D eigenvalue weighted by atomic mass is 9.95. The maximum Gasteiger partial charge on any atom is 0.148 e. The van der Waals surface area contributed by atoms with Crippen molar-refractivity contribution in [2.75, 3.05) is 12.4 Å². The van der Waals surface area contributed by atoms with E-state index in [0.29, 0.717) is 18.0 Å². The number of aliphatic hydroxyl groups is 1. The van der Waals surface area contributed by atoms with Gasteiger partial charge < -0.3 is 5.11 Å². The van der Waals surface area contributed by atoms with Crippen LogP contribution in [0.3, 0.4) is 0 Å². The molecule has 0 spiro atoms. The van der Waals surface area contributed by atoms with Crippen molar-refractivity contribution in [1.82, 2.24) is 0 Å². The van der Waals surface area contributed by atoms with Gasteiger partial charge in [0.25, 0.3) is 0 Å². The van der Waals surface area contributed by atoms with Crippen molar-refractivity contribution in [2.24, 2.45) is 0 Å². The molecule has 0 saturated carbocycles. The summed E-state index contributed by atoms with van der Waals surface area (Å²) in [6.07, 6.45) is 2.32. The summed E-state index contributed by atoms with van der Waals surface area (Å²) in [6, 6.07) is 0. The lowest BCUT2D eigenvalue weighted by molar-refractivity contribution is -0.121. The second kappa shape index (κ2) is 6.44. The Morgan fingerprint density at radius 3 is 2.15 bits per heavy atom. The molecular weight excluding hydrogens is 184 g/mol. The van der Waals surface area contributed by atoms with Crippen LogP contribution in [-0.4, -0.2) is 28.0 Å². The van der Waals surface area contributed by atoms with Crippen molar-refractivity contribution < 1.29 is 9.90 Å². The number of hydrogen-bond acceptors (Lipinski definition) is 3. The molecular formula is C10H20O2S. The summed E-state index contributed by atoms with van der Waals surface area (Å²) in [5.74, 6) is 0.976. The Labute approximate surface area is 85.1 Å². The first kappa shape index (κ1) is 13.0. The zero-order chi connectivity index (χ0) is 10.3. The predicted molar refractivity (Wildman–Crippen MR) is 58.2 cm³/mol. The predicted octanol–water partition coefficient (Wildman–Crippen LogP) is 2.25. The molecule has 78 valence electrons. The summed E-state index contributed by atoms with van der Waals surface area (Å²) in [5.41, 5.74) is 0. The second-order valence-corrected chi connectivity index (χ2v) is 4.53. The third-order valence-corrected chi connectivity index (χ3v) is 4.19. The first-order chi connectivity index (χ1) is 6.16. The summed E-state index contributed by atoms with van der Waals surface area (Å²) < 4.78 is -0.239. The number of ketones is 1. The van der Waals surface area contributed by atoms with E-state index in [0.717, 1.165) is 12.8 Å². The molecule has 0 amide bonds. The molecule has 0 aromatic rings. The van der Waals surface area contributed by atoms with Crippen LogP contribution in [0.1, 0.15) is 40.0 Å². The van der Waals surface area contributed by atoms with Crippen LogP contribution in [0, 0.1) is 0 Å². The van der Waals surface area contributed by atoms with E-state index in [1.54, 1.807) is 11.8 Å². The van der Waals surface area contributed by atoms with Gasteiger partial charge in [0.05, 0.1) is 11.4 Å². The number of carbonyl (C=O) groups excluding carboxylic acids is 1. The first-order valence-electron chi connectivity index (χ1n) is 4.95. The number of carbonyl (C=O) groups is 1. The number of thioether (sulfide) groups is 1. The molecule has 1 N–H and O–H groups in total. The fourth-order valence-electron chi connectivity index (χ4n) is 1.49. The van der Waals surface area contributed by atoms with Gasteiger partial charge in [0.15, 0.2) is 0 Å². The lowest BCUT2D eigenvalue weighted by Gasteiger charge is -2.28. The average Bonchev–Trinajstić information content (AvgIpc) is 2.19. The standard InChI is InChI=1S/C10H20O2S/c1-4-9(12)10(5-2,6-3)13-8-7-11/h11H,4-8H2,1-3H3. The Balaban J connectivity index is 4.39. The monoisotopic (exact) mass is 204 g/mol. The van der Waals surface area contributed by atoms with E-state index in [1.165, 1.54) is 0 Å². The van der Waals surface area contributed by atoms with Crippen LogP contribution in [0.4, 0.5) is 0 Å². The van der Waals surface area contributed by atoms with E-state index in [9.17, 15) is 4.79 Å². The number of hydrogen-bond donors (Lipinski definition) is 1. The molecule has 0 radical (unpaired) electrons. The number of rotatable bonds is 7. The number of Topliss-reactive ketones (excluding diaryl/α,β-unsaturated/α-hetero) is 1. The van der Waals surface area contributed by atoms with Gasteiger partial charge in [0.2, 0.25) is 0 Å². The molecule has 0 bridgehead atoms. The largest absolute Gasteiger partial charge is 0.396 e. The highest BCUT2D eigenvalue weighted by molar-refractivity contribution is 8.01. The van der Waals surface area contributed by atoms with Gasteiger partial charge in [-0.2, -0.15) is 0 Å². The summed E-state index contributed by atoms with van der Waals surface area (Å²) >= 11 is 1.60. The second-order valence-electron chi connectivity index (χ2n) is 3.05. The van der Waals surface area contributed by atoms with Crippen molar-refractivity contribution in [3.63, 3.8) is 0 Å². The van der Waals surface area contributed by atoms with Crippen LogP contribution in [0.2, 0.25) is 0 Å². The summed E-state index contributed by atoms with van der Waals surface area (Å²) in [5, 5.41) is 8.74. The van der Waals surface area contributed by atoms with Crippen molar-refractivity contribution >= 4 is 17.5 Å². The van der Waals surface area contributed by atoms with Crippen molar-refractivity contribution in [1.29, 1.82) is 0 Å². The molecule has 2 nitrogen and oxygen atoms in total. The zero-order valence-electron chi connectivity index (χ0n) is 8.80. The minimum absolute atomic E-state index is 0.156. The van der Waals surface area contributed by atoms with Crippen LogP contribution < -0.4 is 0 Å². The van der Waals surface area contributed by atoms with E-state index in [2.05, 4.69) is 0 Å². The van der Waals surface area contributed by atoms with Crippen LogP contribution in [-0.2, 0) is 4.79 Å². The molecule has 0 unspecified atom stereocenters. The molecule has 0 saturated heterocycles. The molecule has 0 aromatic heterocycles. The molecule has 0 aliphatic rings. The van der Waals surface area contributed by atoms with E-state index in [4.69, 9.17) is 5.11 Å². The highest BCUT2D eigenvalue weighted by Crippen LogP contribution is 2.34. The van der Waals surface area contributed by atoms with Gasteiger partial charge in [-0.1, -0.05) is 20.8 Å². The smallest absolute Gasteiger partial charge is 0.148 e. The Kier molecular flexibility index (Phi) is 6.43. The molecule has 0 rings (SSSR count). The van der Waals surface area contributed by atoms with Gasteiger partial charge in [-0.05, 0) is 12.8 Å². The molecule has 13 heavy (non-hydrogen) atoms. The SMILES string of the molecule is CCC(=O)C(CC)(CC)SCCO. The molecule has 0 fully saturated rings. The van der Waals surface area contributed by atoms with Crippen LogP contribution in [0.25, 0.3) is 0 Å². The highest BCUT2D eigenvalue weighted by atomic mass is 32.2. The minimum atomic E-state index is -0.239. The van der Waals surface area contributed by atoms with E-state index in [1.807, 2.05) is 20.8 Å². The number of aliphatic hydroxyl groups excluding tert-OH is 1.